The van der Waals surface area contributed by atoms with Gasteiger partial charge < -0.3 is 9.30 Å². The van der Waals surface area contributed by atoms with Crippen molar-refractivity contribution in [2.24, 2.45) is 14.1 Å². The lowest BCUT2D eigenvalue weighted by Crippen LogP contribution is -2.37. The van der Waals surface area contributed by atoms with E-state index in [0.29, 0.717) is 6.61 Å². The van der Waals surface area contributed by atoms with Crippen molar-refractivity contribution >= 4 is 17.1 Å². The standard InChI is InChI=1S/C12H16N4O4/c1-4-5-20-8(17)6-16-7-13-10-9(16)11(18)15(3)12(19)14(10)2/h7H,4-6H2,1-3H3. The lowest BCUT2D eigenvalue weighted by molar-refractivity contribution is -0.144. The second-order valence-electron chi connectivity index (χ2n) is 4.47. The van der Waals surface area contributed by atoms with Crippen molar-refractivity contribution < 1.29 is 9.53 Å². The third-order valence-electron chi connectivity index (χ3n) is 2.98. The van der Waals surface area contributed by atoms with E-state index in [4.69, 9.17) is 4.74 Å². The predicted molar refractivity (Wildman–Crippen MR) is 71.5 cm³/mol. The highest BCUT2D eigenvalue weighted by Gasteiger charge is 2.16. The normalized spacial score (nSPS) is 10.9. The summed E-state index contributed by atoms with van der Waals surface area (Å²) in [6.07, 6.45) is 2.09. The summed E-state index contributed by atoms with van der Waals surface area (Å²) in [5, 5.41) is 0. The molecule has 0 N–H and O–H groups in total. The molecule has 0 unspecified atom stereocenters. The third kappa shape index (κ3) is 2.24. The van der Waals surface area contributed by atoms with E-state index in [1.807, 2.05) is 6.92 Å². The van der Waals surface area contributed by atoms with Gasteiger partial charge in [-0.05, 0) is 6.42 Å². The molecule has 0 saturated carbocycles. The molecular formula is C12H16N4O4. The van der Waals surface area contributed by atoms with Gasteiger partial charge in [0.1, 0.15) is 6.54 Å². The molecule has 8 heteroatoms. The van der Waals surface area contributed by atoms with Gasteiger partial charge in [-0.25, -0.2) is 9.78 Å². The molecule has 2 aromatic heterocycles. The summed E-state index contributed by atoms with van der Waals surface area (Å²) in [4.78, 5) is 39.5. The van der Waals surface area contributed by atoms with E-state index in [2.05, 4.69) is 4.98 Å². The van der Waals surface area contributed by atoms with E-state index in [1.165, 1.54) is 29.6 Å². The first-order chi connectivity index (χ1) is 9.47. The van der Waals surface area contributed by atoms with Gasteiger partial charge in [0.25, 0.3) is 5.56 Å². The van der Waals surface area contributed by atoms with Gasteiger partial charge in [-0.3, -0.25) is 18.7 Å². The fraction of sp³-hybridized carbons (Fsp3) is 0.500. The molecule has 2 rings (SSSR count). The fourth-order valence-electron chi connectivity index (χ4n) is 1.92. The average Bonchev–Trinajstić information content (AvgIpc) is 2.84. The SMILES string of the molecule is CCCOC(=O)Cn1cnc2c1c(=O)n(C)c(=O)n2C. The maximum absolute atomic E-state index is 12.1. The molecule has 0 amide bonds. The molecule has 0 aromatic carbocycles. The highest BCUT2D eigenvalue weighted by Crippen LogP contribution is 2.05. The Balaban J connectivity index is 2.50. The minimum absolute atomic E-state index is 0.107. The number of ether oxygens (including phenoxy) is 1. The number of esters is 1. The number of carbonyl (C=O) groups excluding carboxylic acids is 1. The Hall–Kier alpha value is -2.38. The summed E-state index contributed by atoms with van der Waals surface area (Å²) in [5.74, 6) is -0.443. The molecule has 20 heavy (non-hydrogen) atoms. The zero-order chi connectivity index (χ0) is 14.9. The van der Waals surface area contributed by atoms with Crippen LogP contribution in [0, 0.1) is 0 Å². The van der Waals surface area contributed by atoms with Gasteiger partial charge in [0.15, 0.2) is 11.2 Å². The minimum Gasteiger partial charge on any atom is -0.464 e. The van der Waals surface area contributed by atoms with Crippen LogP contribution in [0.25, 0.3) is 11.2 Å². The molecule has 0 bridgehead atoms. The molecule has 0 fully saturated rings. The smallest absolute Gasteiger partial charge is 0.332 e. The van der Waals surface area contributed by atoms with Gasteiger partial charge in [-0.15, -0.1) is 0 Å². The van der Waals surface area contributed by atoms with Crippen LogP contribution in [-0.4, -0.2) is 31.3 Å². The molecule has 0 aliphatic carbocycles. The minimum atomic E-state index is -0.483. The van der Waals surface area contributed by atoms with E-state index < -0.39 is 17.2 Å². The number of fused-ring (bicyclic) bond motifs is 1. The van der Waals surface area contributed by atoms with Crippen molar-refractivity contribution in [2.45, 2.75) is 19.9 Å². The number of nitrogens with zero attached hydrogens (tertiary/aromatic N) is 4. The highest BCUT2D eigenvalue weighted by atomic mass is 16.5. The fourth-order valence-corrected chi connectivity index (χ4v) is 1.92. The molecule has 8 nitrogen and oxygen atoms in total. The van der Waals surface area contributed by atoms with Gasteiger partial charge in [-0.2, -0.15) is 0 Å². The Labute approximate surface area is 114 Å². The van der Waals surface area contributed by atoms with Crippen LogP contribution in [0.2, 0.25) is 0 Å². The van der Waals surface area contributed by atoms with Crippen LogP contribution in [0.1, 0.15) is 13.3 Å². The summed E-state index contributed by atoms with van der Waals surface area (Å²) in [7, 11) is 2.91. The zero-order valence-corrected chi connectivity index (χ0v) is 11.6. The summed E-state index contributed by atoms with van der Waals surface area (Å²) >= 11 is 0. The van der Waals surface area contributed by atoms with Gasteiger partial charge >= 0.3 is 11.7 Å². The molecule has 0 radical (unpaired) electrons. The quantitative estimate of drug-likeness (QED) is 0.697. The maximum Gasteiger partial charge on any atom is 0.332 e. The molecular weight excluding hydrogens is 264 g/mol. The van der Waals surface area contributed by atoms with Gasteiger partial charge in [-0.1, -0.05) is 6.92 Å². The van der Waals surface area contributed by atoms with E-state index >= 15 is 0 Å². The number of hydrogen-bond acceptors (Lipinski definition) is 5. The van der Waals surface area contributed by atoms with E-state index in [-0.39, 0.29) is 17.7 Å². The molecule has 0 atom stereocenters. The number of aromatic nitrogens is 4. The lowest BCUT2D eigenvalue weighted by atomic mass is 10.5. The van der Waals surface area contributed by atoms with Crippen LogP contribution in [-0.2, 0) is 30.2 Å². The summed E-state index contributed by atoms with van der Waals surface area (Å²) in [6.45, 7) is 2.12. The van der Waals surface area contributed by atoms with Crippen molar-refractivity contribution in [1.82, 2.24) is 18.7 Å². The van der Waals surface area contributed by atoms with Crippen LogP contribution in [0.15, 0.2) is 15.9 Å². The molecule has 0 aliphatic heterocycles. The maximum atomic E-state index is 12.1. The number of hydrogen-bond donors (Lipinski definition) is 0. The second kappa shape index (κ2) is 5.32. The zero-order valence-electron chi connectivity index (χ0n) is 11.6. The number of rotatable bonds is 4. The van der Waals surface area contributed by atoms with Crippen LogP contribution >= 0.6 is 0 Å². The van der Waals surface area contributed by atoms with Crippen LogP contribution < -0.4 is 11.2 Å². The van der Waals surface area contributed by atoms with Crippen molar-refractivity contribution in [1.29, 1.82) is 0 Å². The van der Waals surface area contributed by atoms with Gasteiger partial charge in [0.2, 0.25) is 0 Å². The second-order valence-corrected chi connectivity index (χ2v) is 4.47. The first-order valence-corrected chi connectivity index (χ1v) is 6.23. The Morgan fingerprint density at radius 3 is 2.65 bits per heavy atom. The molecule has 2 heterocycles. The third-order valence-corrected chi connectivity index (χ3v) is 2.98. The number of imidazole rings is 1. The molecule has 0 aliphatic rings. The number of carbonyl (C=O) groups is 1. The Morgan fingerprint density at radius 1 is 1.30 bits per heavy atom. The first-order valence-electron chi connectivity index (χ1n) is 6.23. The number of aryl methyl sites for hydroxylation is 1. The predicted octanol–water partition coefficient (Wildman–Crippen LogP) is -0.613. The molecule has 0 spiro atoms. The Morgan fingerprint density at radius 2 is 2.00 bits per heavy atom. The monoisotopic (exact) mass is 280 g/mol. The van der Waals surface area contributed by atoms with Crippen molar-refractivity contribution in [2.75, 3.05) is 6.61 Å². The molecule has 2 aromatic rings. The summed E-state index contributed by atoms with van der Waals surface area (Å²) in [5.41, 5.74) is -0.477. The van der Waals surface area contributed by atoms with Crippen LogP contribution in [0.4, 0.5) is 0 Å². The van der Waals surface area contributed by atoms with Crippen molar-refractivity contribution in [3.8, 4) is 0 Å². The van der Waals surface area contributed by atoms with Crippen molar-refractivity contribution in [3.05, 3.63) is 27.2 Å². The molecule has 108 valence electrons. The summed E-state index contributed by atoms with van der Waals surface area (Å²) in [6, 6.07) is 0. The van der Waals surface area contributed by atoms with E-state index in [1.54, 1.807) is 0 Å². The Kier molecular flexibility index (Phi) is 3.73. The average molecular weight is 280 g/mol. The summed E-state index contributed by atoms with van der Waals surface area (Å²) < 4.78 is 8.62. The lowest BCUT2D eigenvalue weighted by Gasteiger charge is -2.06. The van der Waals surface area contributed by atoms with Crippen LogP contribution in [0.5, 0.6) is 0 Å². The van der Waals surface area contributed by atoms with Gasteiger partial charge in [0, 0.05) is 14.1 Å². The topological polar surface area (TPSA) is 88.1 Å². The first kappa shape index (κ1) is 14.0. The largest absolute Gasteiger partial charge is 0.464 e. The van der Waals surface area contributed by atoms with Crippen molar-refractivity contribution in [3.63, 3.8) is 0 Å². The van der Waals surface area contributed by atoms with E-state index in [9.17, 15) is 14.4 Å². The highest BCUT2D eigenvalue weighted by molar-refractivity contribution is 5.75. The van der Waals surface area contributed by atoms with E-state index in [0.717, 1.165) is 11.0 Å². The van der Waals surface area contributed by atoms with Gasteiger partial charge in [0.05, 0.1) is 12.9 Å². The Bertz CT molecular complexity index is 768. The molecule has 0 saturated heterocycles. The van der Waals surface area contributed by atoms with Crippen LogP contribution in [0.3, 0.4) is 0 Å².